The third-order valence-corrected chi connectivity index (χ3v) is 6.40. The molecule has 142 valence electrons. The summed E-state index contributed by atoms with van der Waals surface area (Å²) in [5.74, 6) is 1.30. The highest BCUT2D eigenvalue weighted by Crippen LogP contribution is 2.33. The fraction of sp³-hybridized carbons (Fsp3) is 0.400. The third kappa shape index (κ3) is 3.39. The maximum Gasteiger partial charge on any atom is 0.264 e. The Morgan fingerprint density at radius 2 is 1.67 bits per heavy atom. The second-order valence-electron chi connectivity index (χ2n) is 6.72. The molecule has 0 aliphatic carbocycles. The van der Waals surface area contributed by atoms with Crippen molar-refractivity contribution in [2.75, 3.05) is 33.0 Å². The number of hydrogen-bond donors (Lipinski definition) is 0. The molecule has 1 aromatic carbocycles. The minimum atomic E-state index is -0.0411. The molecule has 0 spiro atoms. The second-order valence-corrected chi connectivity index (χ2v) is 7.86. The minimum Gasteiger partial charge on any atom is -0.454 e. The predicted molar refractivity (Wildman–Crippen MR) is 103 cm³/mol. The standard InChI is InChI=1S/C20H22N2O4S/c1-3-17-13(2)10-18(27-17)20(24)22-8-6-21(7-9-22)19(23)14-4-5-15-16(11-14)26-12-25-15/h4-5,10-11H,3,6-9,12H2,1-2H3. The smallest absolute Gasteiger partial charge is 0.264 e. The van der Waals surface area contributed by atoms with Crippen molar-refractivity contribution in [3.05, 3.63) is 45.1 Å². The number of thiophene rings is 1. The Hall–Kier alpha value is -2.54. The summed E-state index contributed by atoms with van der Waals surface area (Å²) < 4.78 is 10.6. The monoisotopic (exact) mass is 386 g/mol. The number of piperazine rings is 1. The van der Waals surface area contributed by atoms with E-state index < -0.39 is 0 Å². The van der Waals surface area contributed by atoms with Crippen LogP contribution in [0.3, 0.4) is 0 Å². The summed E-state index contributed by atoms with van der Waals surface area (Å²) in [5.41, 5.74) is 1.77. The zero-order valence-corrected chi connectivity index (χ0v) is 16.3. The Kier molecular flexibility index (Phi) is 4.78. The average Bonchev–Trinajstić information content (AvgIpc) is 3.32. The van der Waals surface area contributed by atoms with Crippen LogP contribution in [0.15, 0.2) is 24.3 Å². The van der Waals surface area contributed by atoms with Gasteiger partial charge in [0, 0.05) is 36.6 Å². The first kappa shape index (κ1) is 17.9. The van der Waals surface area contributed by atoms with E-state index in [0.29, 0.717) is 43.2 Å². The number of carbonyl (C=O) groups is 2. The van der Waals surface area contributed by atoms with Crippen LogP contribution in [0.5, 0.6) is 11.5 Å². The van der Waals surface area contributed by atoms with E-state index in [4.69, 9.17) is 9.47 Å². The fourth-order valence-electron chi connectivity index (χ4n) is 3.46. The summed E-state index contributed by atoms with van der Waals surface area (Å²) in [7, 11) is 0. The topological polar surface area (TPSA) is 59.1 Å². The molecule has 2 amide bonds. The van der Waals surface area contributed by atoms with E-state index in [1.165, 1.54) is 10.4 Å². The minimum absolute atomic E-state index is 0.0411. The van der Waals surface area contributed by atoms with Crippen LogP contribution in [0.1, 0.15) is 37.4 Å². The Bertz CT molecular complexity index is 884. The van der Waals surface area contributed by atoms with E-state index in [9.17, 15) is 9.59 Å². The summed E-state index contributed by atoms with van der Waals surface area (Å²) >= 11 is 1.58. The van der Waals surface area contributed by atoms with Crippen LogP contribution >= 0.6 is 11.3 Å². The van der Waals surface area contributed by atoms with Crippen molar-refractivity contribution in [2.45, 2.75) is 20.3 Å². The first-order chi connectivity index (χ1) is 13.1. The van der Waals surface area contributed by atoms with Gasteiger partial charge in [-0.05, 0) is 43.2 Å². The van der Waals surface area contributed by atoms with Crippen LogP contribution in [0.2, 0.25) is 0 Å². The first-order valence-electron chi connectivity index (χ1n) is 9.14. The molecule has 0 saturated carbocycles. The van der Waals surface area contributed by atoms with Gasteiger partial charge in [-0.1, -0.05) is 6.92 Å². The molecule has 2 aliphatic rings. The normalized spacial score (nSPS) is 15.9. The number of benzene rings is 1. The maximum atomic E-state index is 12.8. The molecule has 4 rings (SSSR count). The number of aryl methyl sites for hydroxylation is 2. The Balaban J connectivity index is 1.39. The number of hydrogen-bond acceptors (Lipinski definition) is 5. The molecule has 0 unspecified atom stereocenters. The van der Waals surface area contributed by atoms with Gasteiger partial charge in [-0.15, -0.1) is 11.3 Å². The Morgan fingerprint density at radius 1 is 1.00 bits per heavy atom. The van der Waals surface area contributed by atoms with Gasteiger partial charge in [-0.25, -0.2) is 0 Å². The lowest BCUT2D eigenvalue weighted by Gasteiger charge is -2.34. The molecule has 1 saturated heterocycles. The molecule has 0 radical (unpaired) electrons. The van der Waals surface area contributed by atoms with E-state index in [-0.39, 0.29) is 18.6 Å². The highest BCUT2D eigenvalue weighted by atomic mass is 32.1. The van der Waals surface area contributed by atoms with E-state index in [2.05, 4.69) is 6.92 Å². The first-order valence-corrected chi connectivity index (χ1v) is 9.96. The summed E-state index contributed by atoms with van der Waals surface area (Å²) in [6, 6.07) is 7.23. The van der Waals surface area contributed by atoms with Gasteiger partial charge < -0.3 is 19.3 Å². The van der Waals surface area contributed by atoms with Crippen molar-refractivity contribution in [1.29, 1.82) is 0 Å². The van der Waals surface area contributed by atoms with Gasteiger partial charge in [0.2, 0.25) is 6.79 Å². The van der Waals surface area contributed by atoms with Gasteiger partial charge in [0.25, 0.3) is 11.8 Å². The number of rotatable bonds is 3. The van der Waals surface area contributed by atoms with Crippen LogP contribution in [-0.2, 0) is 6.42 Å². The summed E-state index contributed by atoms with van der Waals surface area (Å²) in [6.07, 6.45) is 0.946. The SMILES string of the molecule is CCc1sc(C(=O)N2CCN(C(=O)c3ccc4c(c3)OCO4)CC2)cc1C. The second kappa shape index (κ2) is 7.23. The number of ether oxygens (including phenoxy) is 2. The van der Waals surface area contributed by atoms with Crippen molar-refractivity contribution in [1.82, 2.24) is 9.80 Å². The average molecular weight is 386 g/mol. The van der Waals surface area contributed by atoms with Crippen LogP contribution in [0.4, 0.5) is 0 Å². The molecule has 0 atom stereocenters. The van der Waals surface area contributed by atoms with E-state index in [1.807, 2.05) is 17.9 Å². The highest BCUT2D eigenvalue weighted by molar-refractivity contribution is 7.14. The van der Waals surface area contributed by atoms with Crippen LogP contribution in [-0.4, -0.2) is 54.6 Å². The lowest BCUT2D eigenvalue weighted by Crippen LogP contribution is -2.50. The molecule has 0 bridgehead atoms. The lowest BCUT2D eigenvalue weighted by molar-refractivity contribution is 0.0538. The summed E-state index contributed by atoms with van der Waals surface area (Å²) in [5, 5.41) is 0. The van der Waals surface area contributed by atoms with Crippen molar-refractivity contribution in [3.63, 3.8) is 0 Å². The van der Waals surface area contributed by atoms with Gasteiger partial charge in [0.05, 0.1) is 4.88 Å². The molecule has 2 aromatic rings. The predicted octanol–water partition coefficient (Wildman–Crippen LogP) is 2.95. The maximum absolute atomic E-state index is 12.8. The van der Waals surface area contributed by atoms with Crippen LogP contribution < -0.4 is 9.47 Å². The van der Waals surface area contributed by atoms with Crippen molar-refractivity contribution < 1.29 is 19.1 Å². The zero-order chi connectivity index (χ0) is 19.0. The van der Waals surface area contributed by atoms with Crippen LogP contribution in [0.25, 0.3) is 0 Å². The van der Waals surface area contributed by atoms with Crippen molar-refractivity contribution in [3.8, 4) is 11.5 Å². The molecule has 0 N–H and O–H groups in total. The lowest BCUT2D eigenvalue weighted by atomic mass is 10.1. The largest absolute Gasteiger partial charge is 0.454 e. The molecular weight excluding hydrogens is 364 g/mol. The van der Waals surface area contributed by atoms with Crippen molar-refractivity contribution in [2.24, 2.45) is 0 Å². The Labute approximate surface area is 162 Å². The zero-order valence-electron chi connectivity index (χ0n) is 15.5. The van der Waals surface area contributed by atoms with Crippen molar-refractivity contribution >= 4 is 23.2 Å². The molecule has 1 aromatic heterocycles. The van der Waals surface area contributed by atoms with Gasteiger partial charge in [0.15, 0.2) is 11.5 Å². The van der Waals surface area contributed by atoms with Gasteiger partial charge >= 0.3 is 0 Å². The molecular formula is C20H22N2O4S. The molecule has 7 heteroatoms. The molecule has 2 aliphatic heterocycles. The third-order valence-electron chi connectivity index (χ3n) is 5.03. The van der Waals surface area contributed by atoms with Crippen LogP contribution in [0, 0.1) is 6.92 Å². The fourth-order valence-corrected chi connectivity index (χ4v) is 4.54. The number of fused-ring (bicyclic) bond motifs is 1. The molecule has 3 heterocycles. The molecule has 6 nitrogen and oxygen atoms in total. The molecule has 27 heavy (non-hydrogen) atoms. The van der Waals surface area contributed by atoms with Gasteiger partial charge in [-0.2, -0.15) is 0 Å². The number of carbonyl (C=O) groups excluding carboxylic acids is 2. The van der Waals surface area contributed by atoms with Gasteiger partial charge in [0.1, 0.15) is 0 Å². The summed E-state index contributed by atoms with van der Waals surface area (Å²) in [6.45, 7) is 6.51. The molecule has 1 fully saturated rings. The Morgan fingerprint density at radius 3 is 2.33 bits per heavy atom. The van der Waals surface area contributed by atoms with E-state index in [1.54, 1.807) is 34.4 Å². The van der Waals surface area contributed by atoms with Gasteiger partial charge in [-0.3, -0.25) is 9.59 Å². The van der Waals surface area contributed by atoms with E-state index >= 15 is 0 Å². The summed E-state index contributed by atoms with van der Waals surface area (Å²) in [4.78, 5) is 31.2. The quantitative estimate of drug-likeness (QED) is 0.814. The number of nitrogens with zero attached hydrogens (tertiary/aromatic N) is 2. The number of amides is 2. The van der Waals surface area contributed by atoms with E-state index in [0.717, 1.165) is 11.3 Å². The highest BCUT2D eigenvalue weighted by Gasteiger charge is 2.27.